The summed E-state index contributed by atoms with van der Waals surface area (Å²) in [6.07, 6.45) is 4.91. The maximum Gasteiger partial charge on any atom is 0.239 e. The minimum Gasteiger partial charge on any atom is -0.372 e. The first-order valence-corrected chi connectivity index (χ1v) is 11.6. The van der Waals surface area contributed by atoms with Crippen LogP contribution in [-0.4, -0.2) is 33.2 Å². The molecule has 0 atom stereocenters. The van der Waals surface area contributed by atoms with Gasteiger partial charge in [-0.2, -0.15) is 5.26 Å². The molecule has 29 heavy (non-hydrogen) atoms. The van der Waals surface area contributed by atoms with Gasteiger partial charge < -0.3 is 10.2 Å². The number of rotatable bonds is 6. The van der Waals surface area contributed by atoms with E-state index in [1.807, 2.05) is 30.3 Å². The molecule has 152 valence electrons. The summed E-state index contributed by atoms with van der Waals surface area (Å²) < 4.78 is 24.6. The van der Waals surface area contributed by atoms with Gasteiger partial charge in [0.05, 0.1) is 17.4 Å². The number of nitrogens with one attached hydrogen (secondary N) is 1. The molecule has 7 heteroatoms. The predicted octanol–water partition coefficient (Wildman–Crippen LogP) is 3.49. The van der Waals surface area contributed by atoms with E-state index in [1.165, 1.54) is 25.7 Å². The molecule has 1 heterocycles. The molecule has 2 aromatic rings. The monoisotopic (exact) mass is 411 g/mol. The molecule has 1 N–H and O–H groups in total. The van der Waals surface area contributed by atoms with Crippen LogP contribution in [0.4, 0.5) is 11.4 Å². The van der Waals surface area contributed by atoms with E-state index < -0.39 is 21.5 Å². The van der Waals surface area contributed by atoms with E-state index in [9.17, 15) is 13.2 Å². The maximum absolute atomic E-state index is 12.3. The Morgan fingerprint density at radius 2 is 1.59 bits per heavy atom. The standard InChI is InChI=1S/C22H25N3O3S/c23-15-18-5-7-19(8-6-18)16-29(27,28)17-22(26)24-20-9-11-21(12-10-20)25-13-3-1-2-4-14-25/h5-12H,1-4,13-14,16-17H2,(H,24,26). The Morgan fingerprint density at radius 1 is 0.966 bits per heavy atom. The van der Waals surface area contributed by atoms with Gasteiger partial charge in [0.2, 0.25) is 5.91 Å². The zero-order chi connectivity index (χ0) is 20.7. The van der Waals surface area contributed by atoms with Gasteiger partial charge in [-0.1, -0.05) is 25.0 Å². The molecule has 0 bridgehead atoms. The number of anilines is 2. The highest BCUT2D eigenvalue weighted by molar-refractivity contribution is 7.91. The maximum atomic E-state index is 12.3. The zero-order valence-electron chi connectivity index (χ0n) is 16.3. The first-order chi connectivity index (χ1) is 13.9. The molecular formula is C22H25N3O3S. The number of nitriles is 1. The lowest BCUT2D eigenvalue weighted by Crippen LogP contribution is -2.25. The Kier molecular flexibility index (Phi) is 6.89. The molecule has 1 aliphatic heterocycles. The van der Waals surface area contributed by atoms with Crippen LogP contribution in [0.5, 0.6) is 0 Å². The molecular weight excluding hydrogens is 386 g/mol. The number of amides is 1. The largest absolute Gasteiger partial charge is 0.372 e. The van der Waals surface area contributed by atoms with Crippen LogP contribution in [-0.2, 0) is 20.4 Å². The Morgan fingerprint density at radius 3 is 2.17 bits per heavy atom. The quantitative estimate of drug-likeness (QED) is 0.786. The number of sulfone groups is 1. The van der Waals surface area contributed by atoms with E-state index in [2.05, 4.69) is 10.2 Å². The van der Waals surface area contributed by atoms with Crippen molar-refractivity contribution in [1.29, 1.82) is 5.26 Å². The van der Waals surface area contributed by atoms with Crippen LogP contribution >= 0.6 is 0 Å². The fraction of sp³-hybridized carbons (Fsp3) is 0.364. The molecule has 2 aromatic carbocycles. The molecule has 3 rings (SSSR count). The molecule has 0 spiro atoms. The molecule has 0 unspecified atom stereocenters. The van der Waals surface area contributed by atoms with Crippen LogP contribution in [0.3, 0.4) is 0 Å². The topological polar surface area (TPSA) is 90.3 Å². The van der Waals surface area contributed by atoms with Crippen molar-refractivity contribution in [2.45, 2.75) is 31.4 Å². The Labute approximate surface area is 172 Å². The van der Waals surface area contributed by atoms with Gasteiger partial charge in [0.1, 0.15) is 5.75 Å². The fourth-order valence-electron chi connectivity index (χ4n) is 3.46. The SMILES string of the molecule is N#Cc1ccc(CS(=O)(=O)CC(=O)Nc2ccc(N3CCCCCC3)cc2)cc1. The summed E-state index contributed by atoms with van der Waals surface area (Å²) in [6.45, 7) is 2.08. The second-order valence-corrected chi connectivity index (χ2v) is 9.40. The number of benzene rings is 2. The lowest BCUT2D eigenvalue weighted by molar-refractivity contribution is -0.113. The first kappa shape index (κ1) is 20.9. The summed E-state index contributed by atoms with van der Waals surface area (Å²) in [5.74, 6) is -1.37. The zero-order valence-corrected chi connectivity index (χ0v) is 17.1. The van der Waals surface area contributed by atoms with Crippen LogP contribution < -0.4 is 10.2 Å². The average Bonchev–Trinajstić information content (AvgIpc) is 2.98. The van der Waals surface area contributed by atoms with Crippen molar-refractivity contribution in [3.8, 4) is 6.07 Å². The van der Waals surface area contributed by atoms with Gasteiger partial charge in [0, 0.05) is 24.5 Å². The van der Waals surface area contributed by atoms with Gasteiger partial charge in [0.25, 0.3) is 0 Å². The third kappa shape index (κ3) is 6.33. The van der Waals surface area contributed by atoms with Crippen molar-refractivity contribution < 1.29 is 13.2 Å². The molecule has 0 saturated carbocycles. The molecule has 6 nitrogen and oxygen atoms in total. The van der Waals surface area contributed by atoms with Gasteiger partial charge in [-0.25, -0.2) is 8.42 Å². The van der Waals surface area contributed by atoms with Crippen molar-refractivity contribution in [3.05, 3.63) is 59.7 Å². The summed E-state index contributed by atoms with van der Waals surface area (Å²) in [6, 6.07) is 15.9. The third-order valence-corrected chi connectivity index (χ3v) is 6.42. The molecule has 1 amide bonds. The minimum absolute atomic E-state index is 0.236. The van der Waals surface area contributed by atoms with Crippen molar-refractivity contribution in [1.82, 2.24) is 0 Å². The van der Waals surface area contributed by atoms with Crippen molar-refractivity contribution in [2.24, 2.45) is 0 Å². The summed E-state index contributed by atoms with van der Waals surface area (Å²) >= 11 is 0. The van der Waals surface area contributed by atoms with Crippen molar-refractivity contribution >= 4 is 27.1 Å². The van der Waals surface area contributed by atoms with E-state index in [-0.39, 0.29) is 5.75 Å². The summed E-state index contributed by atoms with van der Waals surface area (Å²) in [5, 5.41) is 11.5. The van der Waals surface area contributed by atoms with Crippen LogP contribution in [0.15, 0.2) is 48.5 Å². The number of carbonyl (C=O) groups is 1. The molecule has 0 aromatic heterocycles. The lowest BCUT2D eigenvalue weighted by atomic mass is 10.2. The minimum atomic E-state index is -3.61. The molecule has 1 fully saturated rings. The van der Waals surface area contributed by atoms with Crippen LogP contribution in [0.25, 0.3) is 0 Å². The third-order valence-electron chi connectivity index (χ3n) is 4.94. The van der Waals surface area contributed by atoms with Crippen molar-refractivity contribution in [3.63, 3.8) is 0 Å². The van der Waals surface area contributed by atoms with E-state index in [1.54, 1.807) is 24.3 Å². The molecule has 1 saturated heterocycles. The Balaban J connectivity index is 1.55. The highest BCUT2D eigenvalue weighted by Gasteiger charge is 2.18. The van der Waals surface area contributed by atoms with Gasteiger partial charge in [0.15, 0.2) is 9.84 Å². The van der Waals surface area contributed by atoms with Crippen molar-refractivity contribution in [2.75, 3.05) is 29.1 Å². The summed E-state index contributed by atoms with van der Waals surface area (Å²) in [4.78, 5) is 14.6. The first-order valence-electron chi connectivity index (χ1n) is 9.79. The van der Waals surface area contributed by atoms with E-state index in [0.29, 0.717) is 16.8 Å². The van der Waals surface area contributed by atoms with Crippen LogP contribution in [0.2, 0.25) is 0 Å². The van der Waals surface area contributed by atoms with Gasteiger partial charge >= 0.3 is 0 Å². The number of hydrogen-bond acceptors (Lipinski definition) is 5. The lowest BCUT2D eigenvalue weighted by Gasteiger charge is -2.22. The average molecular weight is 412 g/mol. The van der Waals surface area contributed by atoms with Gasteiger partial charge in [-0.15, -0.1) is 0 Å². The second-order valence-electron chi connectivity index (χ2n) is 7.34. The predicted molar refractivity (Wildman–Crippen MR) is 114 cm³/mol. The molecule has 0 radical (unpaired) electrons. The van der Waals surface area contributed by atoms with Crippen LogP contribution in [0.1, 0.15) is 36.8 Å². The molecule has 0 aliphatic carbocycles. The van der Waals surface area contributed by atoms with E-state index >= 15 is 0 Å². The Hall–Kier alpha value is -2.85. The Bertz CT molecular complexity index is 969. The number of carbonyl (C=O) groups excluding carboxylic acids is 1. The van der Waals surface area contributed by atoms with E-state index in [4.69, 9.17) is 5.26 Å². The van der Waals surface area contributed by atoms with E-state index in [0.717, 1.165) is 18.8 Å². The summed E-state index contributed by atoms with van der Waals surface area (Å²) in [7, 11) is -3.61. The smallest absolute Gasteiger partial charge is 0.239 e. The number of hydrogen-bond donors (Lipinski definition) is 1. The highest BCUT2D eigenvalue weighted by atomic mass is 32.2. The normalized spacial score (nSPS) is 14.7. The van der Waals surface area contributed by atoms with Gasteiger partial charge in [-0.3, -0.25) is 4.79 Å². The molecule has 1 aliphatic rings. The van der Waals surface area contributed by atoms with Crippen LogP contribution in [0, 0.1) is 11.3 Å². The summed E-state index contributed by atoms with van der Waals surface area (Å²) in [5.41, 5.74) is 2.73. The number of nitrogens with zero attached hydrogens (tertiary/aromatic N) is 2. The second kappa shape index (κ2) is 9.57. The highest BCUT2D eigenvalue weighted by Crippen LogP contribution is 2.21. The van der Waals surface area contributed by atoms with Gasteiger partial charge in [-0.05, 0) is 54.8 Å². The fourth-order valence-corrected chi connectivity index (χ4v) is 4.74.